The van der Waals surface area contributed by atoms with Crippen LogP contribution in [0.15, 0.2) is 15.1 Å². The highest BCUT2D eigenvalue weighted by atomic mass is 35.5. The van der Waals surface area contributed by atoms with Crippen molar-refractivity contribution in [3.05, 3.63) is 0 Å². The Morgan fingerprint density at radius 1 is 1.50 bits per heavy atom. The number of fused-ring (bicyclic) bond motifs is 1. The SMILES string of the molecule is CN1N=CC2N=C(Cl)N=C(Cl)C21. The van der Waals surface area contributed by atoms with Crippen molar-refractivity contribution in [3.8, 4) is 0 Å². The van der Waals surface area contributed by atoms with E-state index < -0.39 is 0 Å². The van der Waals surface area contributed by atoms with Crippen LogP contribution in [0.4, 0.5) is 0 Å². The van der Waals surface area contributed by atoms with Crippen molar-refractivity contribution in [1.82, 2.24) is 5.01 Å². The molecule has 2 aliphatic heterocycles. The molecule has 0 bridgehead atoms. The Balaban J connectivity index is 2.34. The second kappa shape index (κ2) is 2.71. The van der Waals surface area contributed by atoms with Crippen molar-refractivity contribution in [1.29, 1.82) is 0 Å². The fourth-order valence-corrected chi connectivity index (χ4v) is 1.85. The van der Waals surface area contributed by atoms with E-state index in [1.165, 1.54) is 0 Å². The molecule has 0 aromatic rings. The van der Waals surface area contributed by atoms with Gasteiger partial charge in [0.05, 0.1) is 6.21 Å². The molecule has 0 fully saturated rings. The van der Waals surface area contributed by atoms with Crippen molar-refractivity contribution in [2.75, 3.05) is 7.05 Å². The van der Waals surface area contributed by atoms with E-state index in [1.54, 1.807) is 11.2 Å². The number of aliphatic imine (C=N–C) groups is 2. The van der Waals surface area contributed by atoms with Crippen molar-refractivity contribution in [2.24, 2.45) is 15.1 Å². The van der Waals surface area contributed by atoms with Gasteiger partial charge in [0.15, 0.2) is 0 Å². The summed E-state index contributed by atoms with van der Waals surface area (Å²) in [6.07, 6.45) is 1.71. The first-order chi connectivity index (χ1) is 5.68. The monoisotopic (exact) mass is 204 g/mol. The van der Waals surface area contributed by atoms with Crippen LogP contribution in [-0.2, 0) is 0 Å². The van der Waals surface area contributed by atoms with Gasteiger partial charge in [-0.25, -0.2) is 9.98 Å². The maximum atomic E-state index is 5.87. The van der Waals surface area contributed by atoms with Gasteiger partial charge in [-0.3, -0.25) is 5.01 Å². The zero-order valence-electron chi connectivity index (χ0n) is 6.28. The van der Waals surface area contributed by atoms with E-state index in [0.29, 0.717) is 5.17 Å². The Kier molecular flexibility index (Phi) is 1.81. The average Bonchev–Trinajstić information content (AvgIpc) is 2.31. The molecular weight excluding hydrogens is 199 g/mol. The molecule has 6 heteroatoms. The van der Waals surface area contributed by atoms with Gasteiger partial charge in [0, 0.05) is 7.05 Å². The minimum Gasteiger partial charge on any atom is -0.288 e. The van der Waals surface area contributed by atoms with E-state index >= 15 is 0 Å². The first-order valence-corrected chi connectivity index (χ1v) is 4.18. The summed E-state index contributed by atoms with van der Waals surface area (Å²) in [5, 5.41) is 6.41. The summed E-state index contributed by atoms with van der Waals surface area (Å²) in [6, 6.07) is -0.137. The van der Waals surface area contributed by atoms with Crippen molar-refractivity contribution in [2.45, 2.75) is 12.1 Å². The molecule has 0 radical (unpaired) electrons. The quantitative estimate of drug-likeness (QED) is 0.541. The maximum absolute atomic E-state index is 5.87. The number of rotatable bonds is 0. The van der Waals surface area contributed by atoms with Gasteiger partial charge in [0.2, 0.25) is 5.29 Å². The van der Waals surface area contributed by atoms with Gasteiger partial charge < -0.3 is 0 Å². The summed E-state index contributed by atoms with van der Waals surface area (Å²) in [5.74, 6) is 0. The van der Waals surface area contributed by atoms with Crippen molar-refractivity contribution < 1.29 is 0 Å². The highest BCUT2D eigenvalue weighted by Crippen LogP contribution is 2.20. The summed E-state index contributed by atoms with van der Waals surface area (Å²) in [4.78, 5) is 7.92. The summed E-state index contributed by atoms with van der Waals surface area (Å²) in [5.41, 5.74) is 0. The van der Waals surface area contributed by atoms with Crippen LogP contribution in [0.25, 0.3) is 0 Å². The zero-order valence-corrected chi connectivity index (χ0v) is 7.79. The molecule has 0 aliphatic carbocycles. The van der Waals surface area contributed by atoms with Gasteiger partial charge >= 0.3 is 0 Å². The van der Waals surface area contributed by atoms with Crippen LogP contribution in [-0.4, -0.2) is 40.8 Å². The number of hydrogen-bond donors (Lipinski definition) is 0. The maximum Gasteiger partial charge on any atom is 0.219 e. The number of hydrazone groups is 1. The summed E-state index contributed by atoms with van der Waals surface area (Å²) < 4.78 is 0. The number of halogens is 2. The van der Waals surface area contributed by atoms with E-state index in [2.05, 4.69) is 15.1 Å². The summed E-state index contributed by atoms with van der Waals surface area (Å²) >= 11 is 11.5. The van der Waals surface area contributed by atoms with Crippen LogP contribution in [0.3, 0.4) is 0 Å². The van der Waals surface area contributed by atoms with Crippen molar-refractivity contribution >= 4 is 39.9 Å². The third kappa shape index (κ3) is 1.11. The number of nitrogens with zero attached hydrogens (tertiary/aromatic N) is 4. The van der Waals surface area contributed by atoms with Gasteiger partial charge in [-0.15, -0.1) is 0 Å². The lowest BCUT2D eigenvalue weighted by molar-refractivity contribution is 0.334. The summed E-state index contributed by atoms with van der Waals surface area (Å²) in [6.45, 7) is 0. The number of amidine groups is 1. The van der Waals surface area contributed by atoms with Gasteiger partial charge in [-0.1, -0.05) is 11.6 Å². The second-order valence-corrected chi connectivity index (χ2v) is 3.33. The molecule has 0 aromatic carbocycles. The highest BCUT2D eigenvalue weighted by molar-refractivity contribution is 6.73. The standard InChI is InChI=1S/C6H6Cl2N4/c1-12-4-3(2-9-12)10-6(8)11-5(4)7/h2-4H,1H3. The van der Waals surface area contributed by atoms with E-state index in [4.69, 9.17) is 23.2 Å². The molecular formula is C6H6Cl2N4. The fourth-order valence-electron chi connectivity index (χ4n) is 1.25. The first-order valence-electron chi connectivity index (χ1n) is 3.43. The molecule has 12 heavy (non-hydrogen) atoms. The number of hydrogen-bond acceptors (Lipinski definition) is 4. The predicted octanol–water partition coefficient (Wildman–Crippen LogP) is 0.900. The van der Waals surface area contributed by atoms with Gasteiger partial charge in [-0.2, -0.15) is 5.10 Å². The predicted molar refractivity (Wildman–Crippen MR) is 50.4 cm³/mol. The lowest BCUT2D eigenvalue weighted by atomic mass is 10.1. The van der Waals surface area contributed by atoms with Gasteiger partial charge in [0.25, 0.3) is 0 Å². The zero-order chi connectivity index (χ0) is 8.72. The molecule has 0 amide bonds. The lowest BCUT2D eigenvalue weighted by Crippen LogP contribution is -2.40. The third-order valence-electron chi connectivity index (χ3n) is 1.83. The van der Waals surface area contributed by atoms with E-state index in [-0.39, 0.29) is 17.4 Å². The molecule has 2 rings (SSSR count). The second-order valence-electron chi connectivity index (χ2n) is 2.61. The van der Waals surface area contributed by atoms with Crippen LogP contribution < -0.4 is 0 Å². The summed E-state index contributed by atoms with van der Waals surface area (Å²) in [7, 11) is 1.83. The van der Waals surface area contributed by atoms with Crippen molar-refractivity contribution in [3.63, 3.8) is 0 Å². The van der Waals surface area contributed by atoms with Crippen LogP contribution in [0.2, 0.25) is 0 Å². The molecule has 0 spiro atoms. The minimum absolute atomic E-state index is 0.0610. The molecule has 2 unspecified atom stereocenters. The number of likely N-dealkylation sites (N-methyl/N-ethyl adjacent to an activating group) is 1. The highest BCUT2D eigenvalue weighted by Gasteiger charge is 2.35. The molecule has 0 aromatic heterocycles. The molecule has 2 heterocycles. The van der Waals surface area contributed by atoms with Gasteiger partial charge in [-0.05, 0) is 11.6 Å². The Morgan fingerprint density at radius 3 is 3.00 bits per heavy atom. The van der Waals surface area contributed by atoms with Crippen LogP contribution >= 0.6 is 23.2 Å². The lowest BCUT2D eigenvalue weighted by Gasteiger charge is -2.22. The van der Waals surface area contributed by atoms with Gasteiger partial charge in [0.1, 0.15) is 17.3 Å². The molecule has 2 aliphatic rings. The molecule has 0 N–H and O–H groups in total. The first kappa shape index (κ1) is 8.01. The molecule has 0 saturated heterocycles. The normalized spacial score (nSPS) is 33.1. The fraction of sp³-hybridized carbons (Fsp3) is 0.500. The molecule has 0 saturated carbocycles. The Morgan fingerprint density at radius 2 is 2.25 bits per heavy atom. The average molecular weight is 205 g/mol. The third-order valence-corrected chi connectivity index (χ3v) is 2.32. The smallest absolute Gasteiger partial charge is 0.219 e. The minimum atomic E-state index is -0.0764. The van der Waals surface area contributed by atoms with E-state index in [0.717, 1.165) is 0 Å². The molecule has 64 valence electrons. The molecule has 2 atom stereocenters. The van der Waals surface area contributed by atoms with E-state index in [1.807, 2.05) is 7.05 Å². The Hall–Kier alpha value is -0.610. The van der Waals surface area contributed by atoms with Crippen LogP contribution in [0.1, 0.15) is 0 Å². The topological polar surface area (TPSA) is 40.3 Å². The Bertz CT molecular complexity index is 296. The largest absolute Gasteiger partial charge is 0.288 e. The van der Waals surface area contributed by atoms with Crippen LogP contribution in [0, 0.1) is 0 Å². The molecule has 4 nitrogen and oxygen atoms in total. The van der Waals surface area contributed by atoms with Crippen LogP contribution in [0.5, 0.6) is 0 Å². The van der Waals surface area contributed by atoms with E-state index in [9.17, 15) is 0 Å². The Labute approximate surface area is 79.6 Å².